The molecular formula is C17H22FNO3. The highest BCUT2D eigenvalue weighted by atomic mass is 19.1. The Balaban J connectivity index is 2.11. The van der Waals surface area contributed by atoms with E-state index >= 15 is 0 Å². The second-order valence-electron chi connectivity index (χ2n) is 6.03. The number of carbonyl (C=O) groups is 2. The highest BCUT2D eigenvalue weighted by Gasteiger charge is 2.37. The molecule has 120 valence electrons. The highest BCUT2D eigenvalue weighted by Crippen LogP contribution is 2.40. The molecule has 22 heavy (non-hydrogen) atoms. The largest absolute Gasteiger partial charge is 0.481 e. The van der Waals surface area contributed by atoms with E-state index in [9.17, 15) is 14.0 Å². The van der Waals surface area contributed by atoms with Crippen molar-refractivity contribution in [2.75, 3.05) is 5.32 Å². The predicted octanol–water partition coefficient (Wildman–Crippen LogP) is 3.75. The molecule has 2 rings (SSSR count). The van der Waals surface area contributed by atoms with E-state index in [4.69, 9.17) is 5.11 Å². The maximum absolute atomic E-state index is 13.9. The van der Waals surface area contributed by atoms with Crippen LogP contribution in [0.15, 0.2) is 18.2 Å². The molecule has 2 N–H and O–H groups in total. The Hall–Kier alpha value is -1.91. The monoisotopic (exact) mass is 307 g/mol. The number of amides is 1. The number of anilines is 1. The SMILES string of the molecule is CCC1(C(=O)Nc2ccc(CC(=O)O)c(F)c2)CCCCC1. The number of carboxylic acids is 1. The van der Waals surface area contributed by atoms with Gasteiger partial charge in [-0.3, -0.25) is 9.59 Å². The molecule has 1 aromatic carbocycles. The van der Waals surface area contributed by atoms with E-state index in [-0.39, 0.29) is 23.3 Å². The predicted molar refractivity (Wildman–Crippen MR) is 82.2 cm³/mol. The average molecular weight is 307 g/mol. The molecule has 0 bridgehead atoms. The lowest BCUT2D eigenvalue weighted by molar-refractivity contribution is -0.136. The molecule has 1 aliphatic rings. The number of hydrogen-bond donors (Lipinski definition) is 2. The summed E-state index contributed by atoms with van der Waals surface area (Å²) >= 11 is 0. The maximum atomic E-state index is 13.9. The molecule has 5 heteroatoms. The fourth-order valence-electron chi connectivity index (χ4n) is 3.16. The van der Waals surface area contributed by atoms with Crippen LogP contribution in [0.25, 0.3) is 0 Å². The average Bonchev–Trinajstić information content (AvgIpc) is 2.50. The first-order valence-corrected chi connectivity index (χ1v) is 7.78. The summed E-state index contributed by atoms with van der Waals surface area (Å²) in [7, 11) is 0. The number of nitrogens with one attached hydrogen (secondary N) is 1. The van der Waals surface area contributed by atoms with Crippen molar-refractivity contribution in [3.63, 3.8) is 0 Å². The van der Waals surface area contributed by atoms with E-state index in [0.717, 1.165) is 38.5 Å². The lowest BCUT2D eigenvalue weighted by Crippen LogP contribution is -2.37. The summed E-state index contributed by atoms with van der Waals surface area (Å²) in [6, 6.07) is 4.17. The molecule has 1 amide bonds. The molecule has 0 spiro atoms. The topological polar surface area (TPSA) is 66.4 Å². The Labute approximate surface area is 129 Å². The summed E-state index contributed by atoms with van der Waals surface area (Å²) in [4.78, 5) is 23.2. The third kappa shape index (κ3) is 3.64. The van der Waals surface area contributed by atoms with Crippen LogP contribution in [0.2, 0.25) is 0 Å². The fourth-order valence-corrected chi connectivity index (χ4v) is 3.16. The molecule has 0 atom stereocenters. The standard InChI is InChI=1S/C17H22FNO3/c1-2-17(8-4-3-5-9-17)16(22)19-13-7-6-12(10-15(20)21)14(18)11-13/h6-7,11H,2-5,8-10H2,1H3,(H,19,22)(H,20,21). The highest BCUT2D eigenvalue weighted by molar-refractivity contribution is 5.95. The zero-order valence-electron chi connectivity index (χ0n) is 12.8. The van der Waals surface area contributed by atoms with E-state index in [1.807, 2.05) is 6.92 Å². The second kappa shape index (κ2) is 6.90. The van der Waals surface area contributed by atoms with Gasteiger partial charge in [0.1, 0.15) is 5.82 Å². The zero-order chi connectivity index (χ0) is 16.2. The van der Waals surface area contributed by atoms with Gasteiger partial charge in [0.05, 0.1) is 6.42 Å². The van der Waals surface area contributed by atoms with Crippen molar-refractivity contribution in [2.45, 2.75) is 51.9 Å². The normalized spacial score (nSPS) is 17.0. The van der Waals surface area contributed by atoms with Crippen molar-refractivity contribution in [1.29, 1.82) is 0 Å². The van der Waals surface area contributed by atoms with Gasteiger partial charge in [-0.15, -0.1) is 0 Å². The van der Waals surface area contributed by atoms with Crippen molar-refractivity contribution in [3.05, 3.63) is 29.6 Å². The number of halogens is 1. The fraction of sp³-hybridized carbons (Fsp3) is 0.529. The first-order valence-electron chi connectivity index (χ1n) is 7.78. The summed E-state index contributed by atoms with van der Waals surface area (Å²) in [5.74, 6) is -1.74. The number of aliphatic carboxylic acids is 1. The van der Waals surface area contributed by atoms with Crippen LogP contribution in [-0.2, 0) is 16.0 Å². The Morgan fingerprint density at radius 2 is 1.95 bits per heavy atom. The van der Waals surface area contributed by atoms with Crippen LogP contribution in [0, 0.1) is 11.2 Å². The lowest BCUT2D eigenvalue weighted by atomic mass is 9.71. The Morgan fingerprint density at radius 1 is 1.27 bits per heavy atom. The third-order valence-electron chi connectivity index (χ3n) is 4.62. The maximum Gasteiger partial charge on any atom is 0.307 e. The van der Waals surface area contributed by atoms with Crippen LogP contribution in [0.5, 0.6) is 0 Å². The number of carboxylic acid groups (broad SMARTS) is 1. The van der Waals surface area contributed by atoms with Crippen LogP contribution in [-0.4, -0.2) is 17.0 Å². The van der Waals surface area contributed by atoms with Gasteiger partial charge in [-0.2, -0.15) is 0 Å². The molecule has 4 nitrogen and oxygen atoms in total. The second-order valence-corrected chi connectivity index (χ2v) is 6.03. The number of hydrogen-bond acceptors (Lipinski definition) is 2. The van der Waals surface area contributed by atoms with Gasteiger partial charge in [-0.1, -0.05) is 32.3 Å². The summed E-state index contributed by atoms with van der Waals surface area (Å²) in [6.45, 7) is 2.02. The van der Waals surface area contributed by atoms with Crippen molar-refractivity contribution < 1.29 is 19.1 Å². The summed E-state index contributed by atoms with van der Waals surface area (Å²) < 4.78 is 13.9. The molecule has 0 heterocycles. The van der Waals surface area contributed by atoms with Crippen LogP contribution in [0.4, 0.5) is 10.1 Å². The lowest BCUT2D eigenvalue weighted by Gasteiger charge is -2.34. The summed E-state index contributed by atoms with van der Waals surface area (Å²) in [6.07, 6.45) is 5.41. The van der Waals surface area contributed by atoms with Gasteiger partial charge in [0.25, 0.3) is 0 Å². The minimum absolute atomic E-state index is 0.0555. The molecule has 1 aliphatic carbocycles. The summed E-state index contributed by atoms with van der Waals surface area (Å²) in [5.41, 5.74) is 0.150. The molecule has 0 saturated heterocycles. The summed E-state index contributed by atoms with van der Waals surface area (Å²) in [5, 5.41) is 11.5. The van der Waals surface area contributed by atoms with Crippen LogP contribution in [0.1, 0.15) is 51.0 Å². The van der Waals surface area contributed by atoms with Crippen LogP contribution in [0.3, 0.4) is 0 Å². The van der Waals surface area contributed by atoms with E-state index in [0.29, 0.717) is 5.69 Å². The molecule has 1 saturated carbocycles. The van der Waals surface area contributed by atoms with Gasteiger partial charge < -0.3 is 10.4 Å². The number of rotatable bonds is 5. The van der Waals surface area contributed by atoms with Gasteiger partial charge in [-0.25, -0.2) is 4.39 Å². The first kappa shape index (κ1) is 16.5. The Kier molecular flexibility index (Phi) is 5.16. The molecule has 0 aliphatic heterocycles. The van der Waals surface area contributed by atoms with E-state index in [1.54, 1.807) is 6.07 Å². The number of benzene rings is 1. The molecule has 0 aromatic heterocycles. The number of carbonyl (C=O) groups excluding carboxylic acids is 1. The van der Waals surface area contributed by atoms with E-state index in [1.165, 1.54) is 12.1 Å². The minimum Gasteiger partial charge on any atom is -0.481 e. The zero-order valence-corrected chi connectivity index (χ0v) is 12.8. The van der Waals surface area contributed by atoms with Crippen LogP contribution >= 0.6 is 0 Å². The van der Waals surface area contributed by atoms with Crippen LogP contribution < -0.4 is 5.32 Å². The van der Waals surface area contributed by atoms with E-state index in [2.05, 4.69) is 5.32 Å². The molecule has 0 radical (unpaired) electrons. The van der Waals surface area contributed by atoms with Gasteiger partial charge in [0.2, 0.25) is 5.91 Å². The Bertz CT molecular complexity index is 565. The third-order valence-corrected chi connectivity index (χ3v) is 4.62. The Morgan fingerprint density at radius 3 is 2.50 bits per heavy atom. The van der Waals surface area contributed by atoms with Crippen molar-refractivity contribution >= 4 is 17.6 Å². The van der Waals surface area contributed by atoms with Gasteiger partial charge in [0, 0.05) is 11.1 Å². The van der Waals surface area contributed by atoms with Gasteiger partial charge in [0.15, 0.2) is 0 Å². The minimum atomic E-state index is -1.08. The first-order chi connectivity index (χ1) is 10.5. The van der Waals surface area contributed by atoms with Gasteiger partial charge >= 0.3 is 5.97 Å². The van der Waals surface area contributed by atoms with Crippen molar-refractivity contribution in [2.24, 2.45) is 5.41 Å². The molecule has 0 unspecified atom stereocenters. The molecule has 1 aromatic rings. The van der Waals surface area contributed by atoms with Crippen molar-refractivity contribution in [3.8, 4) is 0 Å². The quantitative estimate of drug-likeness (QED) is 0.870. The van der Waals surface area contributed by atoms with E-state index < -0.39 is 11.8 Å². The molecule has 1 fully saturated rings. The smallest absolute Gasteiger partial charge is 0.307 e. The van der Waals surface area contributed by atoms with Gasteiger partial charge in [-0.05, 0) is 37.0 Å². The molecular weight excluding hydrogens is 285 g/mol. The van der Waals surface area contributed by atoms with Crippen molar-refractivity contribution in [1.82, 2.24) is 0 Å².